The second kappa shape index (κ2) is 10.6. The maximum absolute atomic E-state index is 12.0. The fraction of sp³-hybridized carbons (Fsp3) is 0.500. The number of esters is 2. The lowest BCUT2D eigenvalue weighted by molar-refractivity contribution is 0.0452. The van der Waals surface area contributed by atoms with Gasteiger partial charge in [0.1, 0.15) is 0 Å². The number of carbonyl (C=O) groups is 2. The van der Waals surface area contributed by atoms with Gasteiger partial charge in [-0.15, -0.1) is 0 Å². The first-order valence-electron chi connectivity index (χ1n) is 7.31. The highest BCUT2D eigenvalue weighted by Gasteiger charge is 2.14. The first-order valence-corrected chi connectivity index (χ1v) is 8.39. The number of rotatable bonds is 9. The van der Waals surface area contributed by atoms with Crippen LogP contribution in [0, 0.1) is 3.57 Å². The van der Waals surface area contributed by atoms with Crippen LogP contribution in [-0.2, 0) is 14.2 Å². The van der Waals surface area contributed by atoms with E-state index in [1.54, 1.807) is 12.1 Å². The van der Waals surface area contributed by atoms with E-state index >= 15 is 0 Å². The van der Waals surface area contributed by atoms with Crippen molar-refractivity contribution in [1.29, 1.82) is 0 Å². The normalized spacial score (nSPS) is 10.3. The zero-order valence-electron chi connectivity index (χ0n) is 12.9. The monoisotopic (exact) mass is 420 g/mol. The van der Waals surface area contributed by atoms with Crippen LogP contribution < -0.4 is 0 Å². The molecule has 1 rings (SSSR count). The molecule has 22 heavy (non-hydrogen) atoms. The van der Waals surface area contributed by atoms with Crippen molar-refractivity contribution in [3.05, 3.63) is 32.9 Å². The molecule has 1 aromatic carbocycles. The number of hydrogen-bond acceptors (Lipinski definition) is 5. The van der Waals surface area contributed by atoms with Crippen LogP contribution >= 0.6 is 22.6 Å². The number of halogens is 1. The Morgan fingerprint density at radius 3 is 2.09 bits per heavy atom. The van der Waals surface area contributed by atoms with Gasteiger partial charge in [0.2, 0.25) is 0 Å². The van der Waals surface area contributed by atoms with Crippen LogP contribution in [0.15, 0.2) is 18.2 Å². The Bertz CT molecular complexity index is 501. The molecule has 0 N–H and O–H groups in total. The zero-order valence-corrected chi connectivity index (χ0v) is 15.1. The van der Waals surface area contributed by atoms with E-state index in [2.05, 4.69) is 22.6 Å². The summed E-state index contributed by atoms with van der Waals surface area (Å²) in [6.45, 7) is 5.70. The standard InChI is InChI=1S/C16H21IO5/c1-3-6-21-15(18)12-9-13(11-14(17)10-12)16(19)22-8-5-7-20-4-2/h9-11H,3-8H2,1-2H3. The first-order chi connectivity index (χ1) is 10.6. The van der Waals surface area contributed by atoms with Gasteiger partial charge in [-0.1, -0.05) is 6.92 Å². The maximum atomic E-state index is 12.0. The lowest BCUT2D eigenvalue weighted by Crippen LogP contribution is -2.11. The van der Waals surface area contributed by atoms with Gasteiger partial charge in [0.05, 0.1) is 24.3 Å². The van der Waals surface area contributed by atoms with Gasteiger partial charge in [-0.3, -0.25) is 0 Å². The van der Waals surface area contributed by atoms with Crippen LogP contribution in [0.2, 0.25) is 0 Å². The molecule has 0 spiro atoms. The van der Waals surface area contributed by atoms with Crippen LogP contribution in [0.25, 0.3) is 0 Å². The molecule has 6 heteroatoms. The largest absolute Gasteiger partial charge is 0.462 e. The van der Waals surface area contributed by atoms with E-state index in [9.17, 15) is 9.59 Å². The van der Waals surface area contributed by atoms with E-state index < -0.39 is 11.9 Å². The average molecular weight is 420 g/mol. The fourth-order valence-electron chi connectivity index (χ4n) is 1.66. The van der Waals surface area contributed by atoms with E-state index in [4.69, 9.17) is 14.2 Å². The summed E-state index contributed by atoms with van der Waals surface area (Å²) in [5.41, 5.74) is 0.716. The molecule has 122 valence electrons. The highest BCUT2D eigenvalue weighted by atomic mass is 127. The molecule has 0 aromatic heterocycles. The summed E-state index contributed by atoms with van der Waals surface area (Å²) in [7, 11) is 0. The van der Waals surface area contributed by atoms with Gasteiger partial charge < -0.3 is 14.2 Å². The molecule has 0 fully saturated rings. The predicted octanol–water partition coefficient (Wildman–Crippen LogP) is 3.44. The van der Waals surface area contributed by atoms with E-state index in [1.165, 1.54) is 6.07 Å². The van der Waals surface area contributed by atoms with E-state index in [-0.39, 0.29) is 0 Å². The topological polar surface area (TPSA) is 61.8 Å². The summed E-state index contributed by atoms with van der Waals surface area (Å²) in [5, 5.41) is 0. The molecular formula is C16H21IO5. The van der Waals surface area contributed by atoms with Gasteiger partial charge in [-0.2, -0.15) is 0 Å². The molecule has 0 saturated heterocycles. The van der Waals surface area contributed by atoms with Gasteiger partial charge in [-0.05, 0) is 54.1 Å². The number of ether oxygens (including phenoxy) is 3. The molecule has 0 atom stereocenters. The van der Waals surface area contributed by atoms with E-state index in [1.807, 2.05) is 13.8 Å². The van der Waals surface area contributed by atoms with Gasteiger partial charge in [-0.25, -0.2) is 9.59 Å². The minimum absolute atomic E-state index is 0.292. The Morgan fingerprint density at radius 1 is 0.955 bits per heavy atom. The summed E-state index contributed by atoms with van der Waals surface area (Å²) < 4.78 is 16.2. The first kappa shape index (κ1) is 18.9. The summed E-state index contributed by atoms with van der Waals surface area (Å²) in [4.78, 5) is 23.9. The van der Waals surface area contributed by atoms with Crippen molar-refractivity contribution >= 4 is 34.5 Å². The number of carbonyl (C=O) groups excluding carboxylic acids is 2. The Morgan fingerprint density at radius 2 is 1.55 bits per heavy atom. The van der Waals surface area contributed by atoms with Crippen LogP contribution in [0.4, 0.5) is 0 Å². The minimum Gasteiger partial charge on any atom is -0.462 e. The van der Waals surface area contributed by atoms with Crippen LogP contribution in [0.1, 0.15) is 47.4 Å². The van der Waals surface area contributed by atoms with Gasteiger partial charge in [0.25, 0.3) is 0 Å². The van der Waals surface area contributed by atoms with Gasteiger partial charge in [0.15, 0.2) is 0 Å². The van der Waals surface area contributed by atoms with Crippen molar-refractivity contribution < 1.29 is 23.8 Å². The molecule has 0 aliphatic rings. The Kier molecular flexibility index (Phi) is 9.07. The predicted molar refractivity (Wildman–Crippen MR) is 91.1 cm³/mol. The third kappa shape index (κ3) is 6.74. The van der Waals surface area contributed by atoms with Crippen molar-refractivity contribution in [1.82, 2.24) is 0 Å². The minimum atomic E-state index is -0.445. The van der Waals surface area contributed by atoms with Crippen molar-refractivity contribution in [2.45, 2.75) is 26.7 Å². The third-order valence-corrected chi connectivity index (χ3v) is 3.30. The lowest BCUT2D eigenvalue weighted by Gasteiger charge is -2.08. The molecule has 5 nitrogen and oxygen atoms in total. The van der Waals surface area contributed by atoms with Crippen molar-refractivity contribution in [2.75, 3.05) is 26.4 Å². The van der Waals surface area contributed by atoms with Crippen molar-refractivity contribution in [3.63, 3.8) is 0 Å². The molecule has 0 amide bonds. The highest BCUT2D eigenvalue weighted by molar-refractivity contribution is 14.1. The summed E-state index contributed by atoms with van der Waals surface area (Å²) in [6.07, 6.45) is 1.40. The molecule has 0 aliphatic heterocycles. The smallest absolute Gasteiger partial charge is 0.338 e. The highest BCUT2D eigenvalue weighted by Crippen LogP contribution is 2.15. The molecule has 0 unspecified atom stereocenters. The Hall–Kier alpha value is -1.15. The van der Waals surface area contributed by atoms with Gasteiger partial charge in [0, 0.05) is 23.2 Å². The molecular weight excluding hydrogens is 399 g/mol. The summed E-state index contributed by atoms with van der Waals surface area (Å²) in [6, 6.07) is 4.87. The Labute approximate surface area is 144 Å². The summed E-state index contributed by atoms with van der Waals surface area (Å²) in [5.74, 6) is -0.870. The number of benzene rings is 1. The van der Waals surface area contributed by atoms with Gasteiger partial charge >= 0.3 is 11.9 Å². The van der Waals surface area contributed by atoms with Crippen molar-refractivity contribution in [3.8, 4) is 0 Å². The lowest BCUT2D eigenvalue weighted by atomic mass is 10.1. The molecule has 1 aromatic rings. The molecule has 0 radical (unpaired) electrons. The molecule has 0 heterocycles. The summed E-state index contributed by atoms with van der Waals surface area (Å²) >= 11 is 2.06. The second-order valence-electron chi connectivity index (χ2n) is 4.55. The second-order valence-corrected chi connectivity index (χ2v) is 5.80. The quantitative estimate of drug-likeness (QED) is 0.348. The van der Waals surface area contributed by atoms with Crippen LogP contribution in [0.3, 0.4) is 0 Å². The average Bonchev–Trinajstić information content (AvgIpc) is 2.51. The molecule has 0 bridgehead atoms. The van der Waals surface area contributed by atoms with Crippen LogP contribution in [0.5, 0.6) is 0 Å². The van der Waals surface area contributed by atoms with E-state index in [0.717, 1.165) is 9.99 Å². The van der Waals surface area contributed by atoms with Crippen molar-refractivity contribution in [2.24, 2.45) is 0 Å². The van der Waals surface area contributed by atoms with Crippen LogP contribution in [-0.4, -0.2) is 38.4 Å². The fourth-order valence-corrected chi connectivity index (χ4v) is 2.33. The third-order valence-electron chi connectivity index (χ3n) is 2.68. The SMILES string of the molecule is CCCOC(=O)c1cc(I)cc(C(=O)OCCCOCC)c1. The van der Waals surface area contributed by atoms with E-state index in [0.29, 0.717) is 44.0 Å². The Balaban J connectivity index is 2.64. The molecule has 0 aliphatic carbocycles. The molecule has 0 saturated carbocycles. The number of hydrogen-bond donors (Lipinski definition) is 0. The maximum Gasteiger partial charge on any atom is 0.338 e. The zero-order chi connectivity index (χ0) is 16.4.